The summed E-state index contributed by atoms with van der Waals surface area (Å²) in [6.07, 6.45) is 3.23. The van der Waals surface area contributed by atoms with E-state index in [0.29, 0.717) is 18.1 Å². The first kappa shape index (κ1) is 18.1. The van der Waals surface area contributed by atoms with Gasteiger partial charge < -0.3 is 14.8 Å². The highest BCUT2D eigenvalue weighted by Gasteiger charge is 2.05. The molecule has 24 heavy (non-hydrogen) atoms. The number of carbonyl (C=O) groups excluding carboxylic acids is 1. The molecule has 0 fully saturated rings. The van der Waals surface area contributed by atoms with Gasteiger partial charge in [0.1, 0.15) is 0 Å². The Kier molecular flexibility index (Phi) is 6.44. The molecule has 0 aromatic heterocycles. The molecule has 0 heterocycles. The fraction of sp³-hybridized carbons (Fsp3) is 0.211. The average molecular weight is 390 g/mol. The van der Waals surface area contributed by atoms with Crippen molar-refractivity contribution in [1.29, 1.82) is 0 Å². The van der Waals surface area contributed by atoms with Gasteiger partial charge in [-0.2, -0.15) is 0 Å². The lowest BCUT2D eigenvalue weighted by Crippen LogP contribution is -2.08. The highest BCUT2D eigenvalue weighted by molar-refractivity contribution is 9.10. The van der Waals surface area contributed by atoms with Crippen LogP contribution in [0.5, 0.6) is 11.5 Å². The van der Waals surface area contributed by atoms with E-state index in [0.717, 1.165) is 21.3 Å². The highest BCUT2D eigenvalue weighted by Crippen LogP contribution is 2.28. The number of ether oxygens (including phenoxy) is 2. The summed E-state index contributed by atoms with van der Waals surface area (Å²) in [5, 5.41) is 2.87. The minimum absolute atomic E-state index is 0.187. The first-order valence-electron chi connectivity index (χ1n) is 7.59. The lowest BCUT2D eigenvalue weighted by molar-refractivity contribution is -0.111. The third-order valence-electron chi connectivity index (χ3n) is 3.36. The summed E-state index contributed by atoms with van der Waals surface area (Å²) < 4.78 is 11.8. The van der Waals surface area contributed by atoms with Gasteiger partial charge in [0.25, 0.3) is 0 Å². The van der Waals surface area contributed by atoms with Crippen LogP contribution in [0.1, 0.15) is 18.1 Å². The predicted molar refractivity (Wildman–Crippen MR) is 101 cm³/mol. The minimum atomic E-state index is -0.187. The first-order valence-corrected chi connectivity index (χ1v) is 8.39. The SMILES string of the molecule is CCOc1ccc(/C=C/C(=O)Nc2ccc(Br)cc2C)cc1OC. The third-order valence-corrected chi connectivity index (χ3v) is 3.85. The van der Waals surface area contributed by atoms with Crippen LogP contribution in [0, 0.1) is 6.92 Å². The Morgan fingerprint density at radius 1 is 1.21 bits per heavy atom. The molecular weight excluding hydrogens is 370 g/mol. The second kappa shape index (κ2) is 8.55. The number of hydrogen-bond acceptors (Lipinski definition) is 3. The fourth-order valence-corrected chi connectivity index (χ4v) is 2.65. The Morgan fingerprint density at radius 3 is 2.67 bits per heavy atom. The molecule has 0 aliphatic heterocycles. The number of amides is 1. The maximum Gasteiger partial charge on any atom is 0.248 e. The quantitative estimate of drug-likeness (QED) is 0.720. The van der Waals surface area contributed by atoms with Crippen LogP contribution < -0.4 is 14.8 Å². The molecular formula is C19H20BrNO3. The molecule has 0 radical (unpaired) electrons. The van der Waals surface area contributed by atoms with Gasteiger partial charge in [-0.1, -0.05) is 22.0 Å². The van der Waals surface area contributed by atoms with Gasteiger partial charge >= 0.3 is 0 Å². The standard InChI is InChI=1S/C19H20BrNO3/c1-4-24-17-9-5-14(12-18(17)23-3)6-10-19(22)21-16-8-7-15(20)11-13(16)2/h5-12H,4H2,1-3H3,(H,21,22)/b10-6+. The summed E-state index contributed by atoms with van der Waals surface area (Å²) >= 11 is 3.41. The third kappa shape index (κ3) is 4.86. The molecule has 126 valence electrons. The molecule has 2 aromatic rings. The maximum absolute atomic E-state index is 12.1. The van der Waals surface area contributed by atoms with Crippen LogP contribution in [-0.2, 0) is 4.79 Å². The van der Waals surface area contributed by atoms with Crippen LogP contribution in [0.2, 0.25) is 0 Å². The molecule has 4 nitrogen and oxygen atoms in total. The smallest absolute Gasteiger partial charge is 0.248 e. The summed E-state index contributed by atoms with van der Waals surface area (Å²) in [5.41, 5.74) is 2.64. The van der Waals surface area contributed by atoms with E-state index in [1.54, 1.807) is 13.2 Å². The number of nitrogens with one attached hydrogen (secondary N) is 1. The molecule has 1 N–H and O–H groups in total. The monoisotopic (exact) mass is 389 g/mol. The van der Waals surface area contributed by atoms with Crippen molar-refractivity contribution in [3.8, 4) is 11.5 Å². The predicted octanol–water partition coefficient (Wildman–Crippen LogP) is 4.82. The van der Waals surface area contributed by atoms with E-state index in [2.05, 4.69) is 21.2 Å². The molecule has 0 spiro atoms. The minimum Gasteiger partial charge on any atom is -0.493 e. The number of benzene rings is 2. The highest BCUT2D eigenvalue weighted by atomic mass is 79.9. The second-order valence-corrected chi connectivity index (χ2v) is 6.04. The number of hydrogen-bond donors (Lipinski definition) is 1. The van der Waals surface area contributed by atoms with Crippen molar-refractivity contribution in [3.63, 3.8) is 0 Å². The Balaban J connectivity index is 2.08. The second-order valence-electron chi connectivity index (χ2n) is 5.13. The largest absolute Gasteiger partial charge is 0.493 e. The van der Waals surface area contributed by atoms with Crippen molar-refractivity contribution >= 4 is 33.6 Å². The zero-order valence-electron chi connectivity index (χ0n) is 13.9. The van der Waals surface area contributed by atoms with E-state index in [9.17, 15) is 4.79 Å². The molecule has 0 aliphatic carbocycles. The Morgan fingerprint density at radius 2 is 2.00 bits per heavy atom. The van der Waals surface area contributed by atoms with Gasteiger partial charge in [-0.15, -0.1) is 0 Å². The van der Waals surface area contributed by atoms with Crippen LogP contribution in [0.25, 0.3) is 6.08 Å². The molecule has 0 saturated heterocycles. The molecule has 0 aliphatic rings. The lowest BCUT2D eigenvalue weighted by atomic mass is 10.1. The number of carbonyl (C=O) groups is 1. The van der Waals surface area contributed by atoms with Gasteiger partial charge in [0.05, 0.1) is 13.7 Å². The molecule has 5 heteroatoms. The van der Waals surface area contributed by atoms with Crippen LogP contribution in [0.15, 0.2) is 46.9 Å². The normalized spacial score (nSPS) is 10.7. The molecule has 0 saturated carbocycles. The van der Waals surface area contributed by atoms with Crippen molar-refractivity contribution in [1.82, 2.24) is 0 Å². The van der Waals surface area contributed by atoms with Crippen molar-refractivity contribution in [2.45, 2.75) is 13.8 Å². The molecule has 0 unspecified atom stereocenters. The van der Waals surface area contributed by atoms with E-state index < -0.39 is 0 Å². The van der Waals surface area contributed by atoms with E-state index >= 15 is 0 Å². The number of aryl methyl sites for hydroxylation is 1. The van der Waals surface area contributed by atoms with Crippen LogP contribution >= 0.6 is 15.9 Å². The van der Waals surface area contributed by atoms with E-state index in [4.69, 9.17) is 9.47 Å². The molecule has 2 rings (SSSR count). The maximum atomic E-state index is 12.1. The topological polar surface area (TPSA) is 47.6 Å². The van der Waals surface area contributed by atoms with Crippen molar-refractivity contribution in [2.75, 3.05) is 19.0 Å². The van der Waals surface area contributed by atoms with Crippen molar-refractivity contribution < 1.29 is 14.3 Å². The van der Waals surface area contributed by atoms with Gasteiger partial charge in [-0.3, -0.25) is 4.79 Å². The zero-order chi connectivity index (χ0) is 17.5. The Hall–Kier alpha value is -2.27. The van der Waals surface area contributed by atoms with Gasteiger partial charge in [-0.05, 0) is 61.4 Å². The van der Waals surface area contributed by atoms with Crippen molar-refractivity contribution in [2.24, 2.45) is 0 Å². The number of rotatable bonds is 6. The fourth-order valence-electron chi connectivity index (χ4n) is 2.18. The summed E-state index contributed by atoms with van der Waals surface area (Å²) in [6, 6.07) is 11.3. The first-order chi connectivity index (χ1) is 11.5. The number of anilines is 1. The average Bonchev–Trinajstić information content (AvgIpc) is 2.56. The van der Waals surface area contributed by atoms with Gasteiger partial charge in [0.2, 0.25) is 5.91 Å². The Labute approximate surface area is 150 Å². The summed E-state index contributed by atoms with van der Waals surface area (Å²) in [5.74, 6) is 1.14. The summed E-state index contributed by atoms with van der Waals surface area (Å²) in [7, 11) is 1.59. The van der Waals surface area contributed by atoms with Gasteiger partial charge in [0, 0.05) is 16.2 Å². The number of halogens is 1. The molecule has 0 bridgehead atoms. The Bertz CT molecular complexity index is 756. The van der Waals surface area contributed by atoms with Crippen molar-refractivity contribution in [3.05, 3.63) is 58.1 Å². The molecule has 0 atom stereocenters. The van der Waals surface area contributed by atoms with Gasteiger partial charge in [0.15, 0.2) is 11.5 Å². The van der Waals surface area contributed by atoms with Crippen LogP contribution in [0.4, 0.5) is 5.69 Å². The van der Waals surface area contributed by atoms with E-state index in [1.165, 1.54) is 6.08 Å². The molecule has 2 aromatic carbocycles. The van der Waals surface area contributed by atoms with E-state index in [-0.39, 0.29) is 5.91 Å². The van der Waals surface area contributed by atoms with Crippen LogP contribution in [-0.4, -0.2) is 19.6 Å². The summed E-state index contributed by atoms with van der Waals surface area (Å²) in [4.78, 5) is 12.1. The van der Waals surface area contributed by atoms with Crippen LogP contribution in [0.3, 0.4) is 0 Å². The molecule has 1 amide bonds. The zero-order valence-corrected chi connectivity index (χ0v) is 15.5. The van der Waals surface area contributed by atoms with E-state index in [1.807, 2.05) is 50.2 Å². The number of methoxy groups -OCH3 is 1. The van der Waals surface area contributed by atoms with Gasteiger partial charge in [-0.25, -0.2) is 0 Å². The lowest BCUT2D eigenvalue weighted by Gasteiger charge is -2.09. The summed E-state index contributed by atoms with van der Waals surface area (Å²) in [6.45, 7) is 4.43.